The molecule has 0 aliphatic heterocycles. The average Bonchev–Trinajstić information content (AvgIpc) is 2.56. The van der Waals surface area contributed by atoms with Crippen LogP contribution in [0.2, 0.25) is 0 Å². The molecular formula is C22H33ClN2O4. The quantitative estimate of drug-likeness (QED) is 0.400. The van der Waals surface area contributed by atoms with Gasteiger partial charge in [-0.3, -0.25) is 9.59 Å². The Bertz CT molecular complexity index is 909. The van der Waals surface area contributed by atoms with Gasteiger partial charge in [-0.15, -0.1) is 0 Å². The molecule has 0 aromatic heterocycles. The monoisotopic (exact) mass is 424 g/mol. The van der Waals surface area contributed by atoms with Crippen molar-refractivity contribution in [1.82, 2.24) is 9.80 Å². The number of carbonyl (C=O) groups excluding carboxylic acids is 2. The van der Waals surface area contributed by atoms with E-state index in [0.717, 1.165) is 0 Å². The first-order valence-electron chi connectivity index (χ1n) is 9.39. The first-order chi connectivity index (χ1) is 13.0. The Hall–Kier alpha value is -2.21. The van der Waals surface area contributed by atoms with Crippen LogP contribution in [0.25, 0.3) is 13.2 Å². The Balaban J connectivity index is 3.09. The van der Waals surface area contributed by atoms with Gasteiger partial charge in [-0.1, -0.05) is 40.9 Å². The SMILES string of the molecule is C=c1c(C)c(O)c(=C)c(C(C)(C)CC(=O)N(C)CC(C)(C)CN(C)C(=O)Cl)c1O. The first-order valence-corrected chi connectivity index (χ1v) is 9.77. The lowest BCUT2D eigenvalue weighted by Crippen LogP contribution is -2.44. The lowest BCUT2D eigenvalue weighted by Gasteiger charge is -2.35. The molecule has 0 spiro atoms. The van der Waals surface area contributed by atoms with Crippen LogP contribution in [-0.2, 0) is 10.2 Å². The van der Waals surface area contributed by atoms with Crippen molar-refractivity contribution in [2.24, 2.45) is 5.41 Å². The Kier molecular flexibility index (Phi) is 7.41. The van der Waals surface area contributed by atoms with Crippen molar-refractivity contribution < 1.29 is 19.8 Å². The third-order valence-corrected chi connectivity index (χ3v) is 5.53. The molecule has 0 unspecified atom stereocenters. The molecule has 0 aliphatic carbocycles. The van der Waals surface area contributed by atoms with Crippen LogP contribution in [0.1, 0.15) is 45.2 Å². The molecule has 0 fully saturated rings. The van der Waals surface area contributed by atoms with Gasteiger partial charge in [-0.25, -0.2) is 0 Å². The van der Waals surface area contributed by atoms with Crippen LogP contribution in [0.15, 0.2) is 0 Å². The van der Waals surface area contributed by atoms with Gasteiger partial charge in [-0.05, 0) is 23.9 Å². The van der Waals surface area contributed by atoms with Crippen LogP contribution in [-0.4, -0.2) is 58.5 Å². The number of amides is 2. The van der Waals surface area contributed by atoms with Crippen LogP contribution < -0.4 is 10.4 Å². The smallest absolute Gasteiger partial charge is 0.316 e. The number of hydrogen-bond acceptors (Lipinski definition) is 4. The Morgan fingerprint density at radius 1 is 0.966 bits per heavy atom. The number of hydrogen-bond donors (Lipinski definition) is 2. The predicted octanol–water partition coefficient (Wildman–Crippen LogP) is 2.67. The van der Waals surface area contributed by atoms with Gasteiger partial charge in [0.25, 0.3) is 0 Å². The fraction of sp³-hybridized carbons (Fsp3) is 0.545. The molecule has 0 atom stereocenters. The molecule has 0 saturated carbocycles. The van der Waals surface area contributed by atoms with E-state index in [2.05, 4.69) is 13.2 Å². The van der Waals surface area contributed by atoms with E-state index in [0.29, 0.717) is 34.7 Å². The molecule has 0 saturated heterocycles. The van der Waals surface area contributed by atoms with Gasteiger partial charge in [0.2, 0.25) is 5.91 Å². The fourth-order valence-corrected chi connectivity index (χ4v) is 3.83. The summed E-state index contributed by atoms with van der Waals surface area (Å²) < 4.78 is 0. The Labute approximate surface area is 178 Å². The number of aromatic hydroxyl groups is 2. The topological polar surface area (TPSA) is 81.1 Å². The van der Waals surface area contributed by atoms with Gasteiger partial charge >= 0.3 is 5.37 Å². The third kappa shape index (κ3) is 5.66. The van der Waals surface area contributed by atoms with E-state index in [1.807, 2.05) is 27.7 Å². The predicted molar refractivity (Wildman–Crippen MR) is 118 cm³/mol. The highest BCUT2D eigenvalue weighted by Crippen LogP contribution is 2.32. The summed E-state index contributed by atoms with van der Waals surface area (Å²) in [7, 11) is 3.31. The van der Waals surface area contributed by atoms with Crippen LogP contribution >= 0.6 is 11.6 Å². The van der Waals surface area contributed by atoms with Crippen molar-refractivity contribution in [2.45, 2.75) is 46.5 Å². The van der Waals surface area contributed by atoms with Crippen molar-refractivity contribution in [3.63, 3.8) is 0 Å². The second kappa shape index (κ2) is 8.66. The van der Waals surface area contributed by atoms with Gasteiger partial charge in [0.05, 0.1) is 0 Å². The van der Waals surface area contributed by atoms with Crippen LogP contribution in [0.5, 0.6) is 11.5 Å². The lowest BCUT2D eigenvalue weighted by molar-refractivity contribution is -0.132. The number of nitrogens with zero attached hydrogens (tertiary/aromatic N) is 2. The summed E-state index contributed by atoms with van der Waals surface area (Å²) >= 11 is 5.51. The minimum Gasteiger partial charge on any atom is -0.507 e. The molecule has 0 radical (unpaired) electrons. The van der Waals surface area contributed by atoms with E-state index in [-0.39, 0.29) is 29.2 Å². The van der Waals surface area contributed by atoms with E-state index >= 15 is 0 Å². The zero-order chi connectivity index (χ0) is 22.9. The first kappa shape index (κ1) is 24.8. The van der Waals surface area contributed by atoms with E-state index in [4.69, 9.17) is 11.6 Å². The van der Waals surface area contributed by atoms with Gasteiger partial charge in [-0.2, -0.15) is 0 Å². The number of benzene rings is 1. The summed E-state index contributed by atoms with van der Waals surface area (Å²) in [4.78, 5) is 27.2. The number of rotatable bonds is 7. The van der Waals surface area contributed by atoms with Crippen LogP contribution in [0, 0.1) is 12.3 Å². The van der Waals surface area contributed by atoms with Gasteiger partial charge in [0.1, 0.15) is 11.5 Å². The standard InChI is InChI=1S/C22H33ClN2O4/c1-13-14(2)19(28)17(15(3)18(13)27)22(6,7)10-16(26)24(8)11-21(4,5)12-25(9)20(23)29/h27-28H,2-3,10-12H2,1,4-9H3. The molecule has 1 aromatic rings. The molecule has 162 valence electrons. The molecule has 2 amide bonds. The second-order valence-corrected chi connectivity index (χ2v) is 9.56. The lowest BCUT2D eigenvalue weighted by atomic mass is 9.78. The largest absolute Gasteiger partial charge is 0.507 e. The zero-order valence-corrected chi connectivity index (χ0v) is 19.3. The Morgan fingerprint density at radius 3 is 1.93 bits per heavy atom. The normalized spacial score (nSPS) is 12.0. The summed E-state index contributed by atoms with van der Waals surface area (Å²) in [5.41, 5.74) is -0.262. The van der Waals surface area contributed by atoms with E-state index in [1.54, 1.807) is 25.9 Å². The summed E-state index contributed by atoms with van der Waals surface area (Å²) in [5, 5.41) is 21.0. The molecule has 1 aromatic carbocycles. The highest BCUT2D eigenvalue weighted by Gasteiger charge is 2.33. The number of phenolic OH excluding ortho intramolecular Hbond substituents is 2. The summed E-state index contributed by atoms with van der Waals surface area (Å²) in [6.45, 7) is 17.7. The van der Waals surface area contributed by atoms with E-state index < -0.39 is 10.8 Å². The van der Waals surface area contributed by atoms with Crippen molar-refractivity contribution in [3.8, 4) is 11.5 Å². The third-order valence-electron chi connectivity index (χ3n) is 5.24. The molecule has 7 heteroatoms. The molecule has 6 nitrogen and oxygen atoms in total. The van der Waals surface area contributed by atoms with Crippen molar-refractivity contribution in [2.75, 3.05) is 27.2 Å². The highest BCUT2D eigenvalue weighted by atomic mass is 35.5. The second-order valence-electron chi connectivity index (χ2n) is 9.24. The summed E-state index contributed by atoms with van der Waals surface area (Å²) in [5.74, 6) is -0.202. The maximum atomic E-state index is 12.9. The van der Waals surface area contributed by atoms with Gasteiger partial charge in [0.15, 0.2) is 0 Å². The summed E-state index contributed by atoms with van der Waals surface area (Å²) in [6.07, 6.45) is 0.0991. The highest BCUT2D eigenvalue weighted by molar-refractivity contribution is 6.62. The molecule has 0 heterocycles. The van der Waals surface area contributed by atoms with Gasteiger partial charge in [0, 0.05) is 60.6 Å². The number of halogens is 1. The Morgan fingerprint density at radius 2 is 1.45 bits per heavy atom. The van der Waals surface area contributed by atoms with E-state index in [1.165, 1.54) is 4.90 Å². The molecule has 0 aliphatic rings. The van der Waals surface area contributed by atoms with Gasteiger partial charge < -0.3 is 20.0 Å². The average molecular weight is 425 g/mol. The van der Waals surface area contributed by atoms with Crippen molar-refractivity contribution >= 4 is 36.0 Å². The van der Waals surface area contributed by atoms with Crippen LogP contribution in [0.4, 0.5) is 4.79 Å². The molecular weight excluding hydrogens is 392 g/mol. The maximum Gasteiger partial charge on any atom is 0.316 e. The molecule has 29 heavy (non-hydrogen) atoms. The van der Waals surface area contributed by atoms with Crippen LogP contribution in [0.3, 0.4) is 0 Å². The number of carbonyl (C=O) groups is 2. The van der Waals surface area contributed by atoms with Crippen molar-refractivity contribution in [3.05, 3.63) is 21.6 Å². The molecule has 0 bridgehead atoms. The maximum absolute atomic E-state index is 12.9. The zero-order valence-electron chi connectivity index (χ0n) is 18.5. The molecule has 2 N–H and O–H groups in total. The minimum absolute atomic E-state index is 0.0217. The van der Waals surface area contributed by atoms with Crippen molar-refractivity contribution in [1.29, 1.82) is 0 Å². The minimum atomic E-state index is -0.781. The molecule has 1 rings (SSSR count). The fourth-order valence-electron chi connectivity index (χ4n) is 3.77. The van der Waals surface area contributed by atoms with E-state index in [9.17, 15) is 19.8 Å². The summed E-state index contributed by atoms with van der Waals surface area (Å²) in [6, 6.07) is 0. The number of phenols is 2.